The molecule has 0 spiro atoms. The van der Waals surface area contributed by atoms with Gasteiger partial charge >= 0.3 is 0 Å². The lowest BCUT2D eigenvalue weighted by molar-refractivity contribution is -0.255. The predicted molar refractivity (Wildman–Crippen MR) is 112 cm³/mol. The van der Waals surface area contributed by atoms with Gasteiger partial charge in [0.05, 0.1) is 22.8 Å². The molecule has 1 aliphatic rings. The average Bonchev–Trinajstić information content (AvgIpc) is 3.03. The molecule has 150 valence electrons. The molecule has 2 amide bonds. The summed E-state index contributed by atoms with van der Waals surface area (Å²) in [7, 11) is 0. The molecule has 0 aromatic heterocycles. The van der Waals surface area contributed by atoms with Gasteiger partial charge in [-0.3, -0.25) is 9.59 Å². The maximum Gasteiger partial charge on any atom is 0.266 e. The Kier molecular flexibility index (Phi) is 4.26. The summed E-state index contributed by atoms with van der Waals surface area (Å²) in [4.78, 5) is 38.0. The molecule has 6 heteroatoms. The van der Waals surface area contributed by atoms with Gasteiger partial charge in [0.15, 0.2) is 0 Å². The Hall–Kier alpha value is -4.45. The number of carboxylic acid groups (broad SMARTS) is 1. The van der Waals surface area contributed by atoms with Gasteiger partial charge in [-0.05, 0) is 70.9 Å². The summed E-state index contributed by atoms with van der Waals surface area (Å²) < 4.78 is 5.73. The molecule has 0 bridgehead atoms. The van der Waals surface area contributed by atoms with Crippen molar-refractivity contribution in [1.82, 2.24) is 0 Å². The van der Waals surface area contributed by atoms with Crippen LogP contribution in [0.3, 0.4) is 0 Å². The molecule has 0 unspecified atom stereocenters. The molecule has 0 fully saturated rings. The van der Waals surface area contributed by atoms with Crippen LogP contribution in [0.5, 0.6) is 11.5 Å². The number of carbonyl (C=O) groups excluding carboxylic acids is 3. The number of aromatic carboxylic acids is 1. The van der Waals surface area contributed by atoms with Crippen LogP contribution in [0, 0.1) is 0 Å². The largest absolute Gasteiger partial charge is 0.545 e. The summed E-state index contributed by atoms with van der Waals surface area (Å²) in [6.07, 6.45) is 0. The highest BCUT2D eigenvalue weighted by Gasteiger charge is 2.37. The third-order valence-corrected chi connectivity index (χ3v) is 5.17. The Morgan fingerprint density at radius 1 is 0.710 bits per heavy atom. The molecule has 0 N–H and O–H groups in total. The Bertz CT molecular complexity index is 1370. The molecule has 6 nitrogen and oxygen atoms in total. The van der Waals surface area contributed by atoms with Crippen LogP contribution < -0.4 is 14.7 Å². The molecule has 0 saturated carbocycles. The predicted octanol–water partition coefficient (Wildman–Crippen LogP) is 3.80. The normalized spacial score (nSPS) is 12.8. The number of ether oxygens (including phenoxy) is 1. The maximum absolute atomic E-state index is 13.0. The van der Waals surface area contributed by atoms with Crippen LogP contribution in [0.2, 0.25) is 0 Å². The molecule has 31 heavy (non-hydrogen) atoms. The van der Waals surface area contributed by atoms with E-state index in [1.54, 1.807) is 18.2 Å². The van der Waals surface area contributed by atoms with E-state index in [0.717, 1.165) is 15.7 Å². The van der Waals surface area contributed by atoms with Gasteiger partial charge in [-0.15, -0.1) is 0 Å². The van der Waals surface area contributed by atoms with Gasteiger partial charge in [0, 0.05) is 0 Å². The molecule has 0 atom stereocenters. The van der Waals surface area contributed by atoms with Crippen LogP contribution in [-0.2, 0) is 0 Å². The lowest BCUT2D eigenvalue weighted by atomic mass is 10.1. The van der Waals surface area contributed by atoms with E-state index in [9.17, 15) is 19.5 Å². The Labute approximate surface area is 176 Å². The number of imide groups is 1. The topological polar surface area (TPSA) is 86.7 Å². The van der Waals surface area contributed by atoms with Gasteiger partial charge in [-0.2, -0.15) is 0 Å². The third-order valence-electron chi connectivity index (χ3n) is 5.17. The first-order valence-corrected chi connectivity index (χ1v) is 9.52. The van der Waals surface area contributed by atoms with E-state index in [-0.39, 0.29) is 17.0 Å². The molecule has 0 radical (unpaired) electrons. The van der Waals surface area contributed by atoms with E-state index in [0.29, 0.717) is 22.7 Å². The Morgan fingerprint density at radius 3 is 2.13 bits per heavy atom. The van der Waals surface area contributed by atoms with Gasteiger partial charge in [-0.1, -0.05) is 30.3 Å². The van der Waals surface area contributed by atoms with Gasteiger partial charge in [0.1, 0.15) is 11.5 Å². The number of hydrogen-bond acceptors (Lipinski definition) is 5. The quantitative estimate of drug-likeness (QED) is 0.480. The Balaban J connectivity index is 1.45. The fourth-order valence-corrected chi connectivity index (χ4v) is 3.63. The summed E-state index contributed by atoms with van der Waals surface area (Å²) in [6.45, 7) is 0. The van der Waals surface area contributed by atoms with Gasteiger partial charge < -0.3 is 14.6 Å². The number of fused-ring (bicyclic) bond motifs is 2. The monoisotopic (exact) mass is 408 g/mol. The van der Waals surface area contributed by atoms with E-state index in [1.807, 2.05) is 36.4 Å². The molecule has 4 aromatic rings. The van der Waals surface area contributed by atoms with Crippen molar-refractivity contribution in [2.45, 2.75) is 0 Å². The molecule has 0 aliphatic carbocycles. The fraction of sp³-hybridized carbons (Fsp3) is 0. The Morgan fingerprint density at radius 2 is 1.39 bits per heavy atom. The van der Waals surface area contributed by atoms with E-state index in [1.165, 1.54) is 30.3 Å². The lowest BCUT2D eigenvalue weighted by Gasteiger charge is -2.14. The van der Waals surface area contributed by atoms with Crippen molar-refractivity contribution < 1.29 is 24.2 Å². The first kappa shape index (κ1) is 18.6. The fourth-order valence-electron chi connectivity index (χ4n) is 3.63. The van der Waals surface area contributed by atoms with Gasteiger partial charge in [-0.25, -0.2) is 4.90 Å². The third kappa shape index (κ3) is 3.20. The smallest absolute Gasteiger partial charge is 0.266 e. The van der Waals surface area contributed by atoms with Crippen molar-refractivity contribution in [2.75, 3.05) is 4.90 Å². The summed E-state index contributed by atoms with van der Waals surface area (Å²) in [5.41, 5.74) is 1.10. The molecule has 0 saturated heterocycles. The first-order valence-electron chi connectivity index (χ1n) is 9.52. The minimum absolute atomic E-state index is 0.0353. The van der Waals surface area contributed by atoms with Crippen LogP contribution >= 0.6 is 0 Å². The molecule has 1 aliphatic heterocycles. The second-order valence-electron chi connectivity index (χ2n) is 7.10. The highest BCUT2D eigenvalue weighted by Crippen LogP contribution is 2.33. The van der Waals surface area contributed by atoms with E-state index in [2.05, 4.69) is 0 Å². The van der Waals surface area contributed by atoms with E-state index in [4.69, 9.17) is 4.74 Å². The van der Waals surface area contributed by atoms with Crippen LogP contribution in [0.4, 0.5) is 5.69 Å². The van der Waals surface area contributed by atoms with Crippen LogP contribution in [-0.4, -0.2) is 17.8 Å². The SMILES string of the molecule is O=C([O-])c1ccc(Oc2ccc3c(c2)C(=O)N(c2ccc4ccccc4c2)C3=O)cc1. The van der Waals surface area contributed by atoms with Gasteiger partial charge in [0.25, 0.3) is 11.8 Å². The number of nitrogens with zero attached hydrogens (tertiary/aromatic N) is 1. The average molecular weight is 408 g/mol. The molecule has 1 heterocycles. The lowest BCUT2D eigenvalue weighted by Crippen LogP contribution is -2.29. The zero-order chi connectivity index (χ0) is 21.5. The van der Waals surface area contributed by atoms with Crippen molar-refractivity contribution >= 4 is 34.2 Å². The number of carboxylic acids is 1. The molecule has 4 aromatic carbocycles. The van der Waals surface area contributed by atoms with Crippen molar-refractivity contribution in [2.24, 2.45) is 0 Å². The first-order chi connectivity index (χ1) is 15.0. The van der Waals surface area contributed by atoms with Crippen molar-refractivity contribution in [3.05, 3.63) is 102 Å². The number of amides is 2. The summed E-state index contributed by atoms with van der Waals surface area (Å²) >= 11 is 0. The van der Waals surface area contributed by atoms with E-state index >= 15 is 0 Å². The maximum atomic E-state index is 13.0. The number of rotatable bonds is 4. The zero-order valence-corrected chi connectivity index (χ0v) is 16.1. The van der Waals surface area contributed by atoms with Gasteiger partial charge in [0.2, 0.25) is 0 Å². The molecular weight excluding hydrogens is 394 g/mol. The van der Waals surface area contributed by atoms with Crippen molar-refractivity contribution in [1.29, 1.82) is 0 Å². The van der Waals surface area contributed by atoms with Crippen LogP contribution in [0.1, 0.15) is 31.1 Å². The molecular formula is C25H14NO5-. The summed E-state index contributed by atoms with van der Waals surface area (Å²) in [5.74, 6) is -1.33. The highest BCUT2D eigenvalue weighted by molar-refractivity contribution is 6.34. The summed E-state index contributed by atoms with van der Waals surface area (Å²) in [5, 5.41) is 12.8. The van der Waals surface area contributed by atoms with Crippen molar-refractivity contribution in [3.63, 3.8) is 0 Å². The highest BCUT2D eigenvalue weighted by atomic mass is 16.5. The standard InChI is InChI=1S/C25H15NO5/c27-23-21-12-11-20(31-19-9-6-16(7-10-19)25(29)30)14-22(21)24(28)26(23)18-8-5-15-3-1-2-4-17(15)13-18/h1-14H,(H,29,30)/p-1. The second-order valence-corrected chi connectivity index (χ2v) is 7.10. The number of carbonyl (C=O) groups is 3. The number of benzene rings is 4. The summed E-state index contributed by atoms with van der Waals surface area (Å²) in [6, 6.07) is 23.5. The minimum Gasteiger partial charge on any atom is -0.545 e. The number of hydrogen-bond donors (Lipinski definition) is 0. The zero-order valence-electron chi connectivity index (χ0n) is 16.1. The van der Waals surface area contributed by atoms with E-state index < -0.39 is 11.9 Å². The minimum atomic E-state index is -1.28. The van der Waals surface area contributed by atoms with Crippen LogP contribution in [0.15, 0.2) is 84.9 Å². The van der Waals surface area contributed by atoms with Crippen molar-refractivity contribution in [3.8, 4) is 11.5 Å². The molecule has 5 rings (SSSR count). The van der Waals surface area contributed by atoms with Crippen LogP contribution in [0.25, 0.3) is 10.8 Å². The second kappa shape index (κ2) is 7.11. The number of anilines is 1.